The van der Waals surface area contributed by atoms with Gasteiger partial charge in [0.25, 0.3) is 5.91 Å². The smallest absolute Gasteiger partial charge is 0.416 e. The number of benzene rings is 1. The van der Waals surface area contributed by atoms with Gasteiger partial charge < -0.3 is 34.8 Å². The second kappa shape index (κ2) is 13.9. The van der Waals surface area contributed by atoms with Crippen LogP contribution in [0.3, 0.4) is 0 Å². The fraction of sp³-hybridized carbons (Fsp3) is 0.424. The summed E-state index contributed by atoms with van der Waals surface area (Å²) < 4.78 is 41.2. The van der Waals surface area contributed by atoms with Crippen LogP contribution in [0.1, 0.15) is 47.2 Å². The van der Waals surface area contributed by atoms with E-state index in [-0.39, 0.29) is 90.3 Å². The number of hydrogen-bond acceptors (Lipinski definition) is 11. The zero-order valence-electron chi connectivity index (χ0n) is 27.9. The largest absolute Gasteiger partial charge is 0.504 e. The van der Waals surface area contributed by atoms with E-state index < -0.39 is 29.0 Å². The number of hydrogen-bond donors (Lipinski definition) is 3. The van der Waals surface area contributed by atoms with Crippen LogP contribution in [0.5, 0.6) is 5.75 Å². The van der Waals surface area contributed by atoms with Gasteiger partial charge in [0, 0.05) is 38.4 Å². The average Bonchev–Trinajstić information content (AvgIpc) is 3.07. The second-order valence-corrected chi connectivity index (χ2v) is 12.8. The molecular formula is C33H35ClF3N9O5. The van der Waals surface area contributed by atoms with Crippen molar-refractivity contribution in [1.29, 1.82) is 0 Å². The van der Waals surface area contributed by atoms with Crippen molar-refractivity contribution in [2.75, 3.05) is 48.4 Å². The standard InChI is InChI=1S/C33H35ClF3N9O5/c1-4-21-28(44-9-10-45(23-8-7-22(23)44)32(51)27-29(49)17(2)39-16-40-27)30(50)26-31(38-14-24(42-26)43(3)11-12-47)46(21)15-25(48)41-20-6-5-18(13-19(20)34)33(35,36)37/h5-6,13-14,16,22-23,47,49H,4,7-12,15H2,1-3H3,(H,41,48)/t22-,23-/m0/s1. The zero-order chi connectivity index (χ0) is 36.8. The van der Waals surface area contributed by atoms with E-state index in [1.165, 1.54) is 12.5 Å². The number of rotatable bonds is 9. The molecule has 2 aliphatic rings. The lowest BCUT2D eigenvalue weighted by atomic mass is 9.81. The molecule has 14 nitrogen and oxygen atoms in total. The summed E-state index contributed by atoms with van der Waals surface area (Å²) in [7, 11) is 1.68. The number of aryl methyl sites for hydroxylation is 1. The van der Waals surface area contributed by atoms with Crippen molar-refractivity contribution in [2.24, 2.45) is 0 Å². The summed E-state index contributed by atoms with van der Waals surface area (Å²) in [5.41, 5.74) is -0.387. The number of alkyl halides is 3. The van der Waals surface area contributed by atoms with Crippen molar-refractivity contribution in [3.05, 3.63) is 68.6 Å². The van der Waals surface area contributed by atoms with Crippen LogP contribution in [0.15, 0.2) is 35.5 Å². The van der Waals surface area contributed by atoms with Crippen molar-refractivity contribution < 1.29 is 33.0 Å². The minimum Gasteiger partial charge on any atom is -0.504 e. The molecule has 3 N–H and O–H groups in total. The number of likely N-dealkylation sites (N-methyl/N-ethyl adjacent to an activating group) is 1. The Bertz CT molecular complexity index is 2080. The van der Waals surface area contributed by atoms with Gasteiger partial charge >= 0.3 is 6.18 Å². The topological polar surface area (TPSA) is 170 Å². The summed E-state index contributed by atoms with van der Waals surface area (Å²) in [6, 6.07) is 2.04. The third-order valence-electron chi connectivity index (χ3n) is 9.40. The molecule has 2 amide bonds. The number of aromatic hydroxyl groups is 1. The first kappa shape index (κ1) is 35.8. The molecule has 0 radical (unpaired) electrons. The van der Waals surface area contributed by atoms with Gasteiger partial charge in [0.2, 0.25) is 11.3 Å². The summed E-state index contributed by atoms with van der Waals surface area (Å²) in [6.45, 7) is 3.50. The minimum absolute atomic E-state index is 0.0272. The summed E-state index contributed by atoms with van der Waals surface area (Å²) in [5, 5.41) is 22.3. The Kier molecular flexibility index (Phi) is 9.78. The Balaban J connectivity index is 1.40. The molecule has 1 aromatic carbocycles. The number of anilines is 3. The Hall–Kier alpha value is -5.03. The van der Waals surface area contributed by atoms with Gasteiger partial charge in [0.05, 0.1) is 40.8 Å². The highest BCUT2D eigenvalue weighted by Gasteiger charge is 2.47. The van der Waals surface area contributed by atoms with Crippen LogP contribution < -0.4 is 20.5 Å². The molecule has 4 heterocycles. The van der Waals surface area contributed by atoms with Gasteiger partial charge in [-0.25, -0.2) is 19.9 Å². The first-order chi connectivity index (χ1) is 24.2. The van der Waals surface area contributed by atoms with Gasteiger partial charge in [0.1, 0.15) is 24.4 Å². The average molecular weight is 730 g/mol. The number of carbonyl (C=O) groups excluding carboxylic acids is 2. The van der Waals surface area contributed by atoms with Crippen LogP contribution in [0.25, 0.3) is 11.2 Å². The highest BCUT2D eigenvalue weighted by molar-refractivity contribution is 6.33. The van der Waals surface area contributed by atoms with E-state index in [4.69, 9.17) is 11.6 Å². The number of aliphatic hydroxyl groups excluding tert-OH is 1. The third-order valence-corrected chi connectivity index (χ3v) is 9.71. The lowest BCUT2D eigenvalue weighted by molar-refractivity contribution is -0.137. The number of amides is 2. The van der Waals surface area contributed by atoms with Crippen molar-refractivity contribution in [3.63, 3.8) is 0 Å². The fourth-order valence-corrected chi connectivity index (χ4v) is 6.88. The predicted octanol–water partition coefficient (Wildman–Crippen LogP) is 3.39. The summed E-state index contributed by atoms with van der Waals surface area (Å²) in [5.74, 6) is -1.06. The molecule has 0 unspecified atom stereocenters. The van der Waals surface area contributed by atoms with Crippen LogP contribution in [-0.4, -0.2) is 96.8 Å². The number of carbonyl (C=O) groups is 2. The molecule has 0 bridgehead atoms. The van der Waals surface area contributed by atoms with Crippen LogP contribution in [0, 0.1) is 6.92 Å². The number of piperazine rings is 1. The number of pyridine rings is 1. The molecule has 6 rings (SSSR count). The maximum Gasteiger partial charge on any atom is 0.416 e. The van der Waals surface area contributed by atoms with E-state index in [1.54, 1.807) is 28.3 Å². The highest BCUT2D eigenvalue weighted by Crippen LogP contribution is 2.39. The molecule has 3 aromatic heterocycles. The van der Waals surface area contributed by atoms with Crippen LogP contribution >= 0.6 is 11.6 Å². The van der Waals surface area contributed by atoms with Crippen molar-refractivity contribution in [1.82, 2.24) is 29.4 Å². The minimum atomic E-state index is -4.62. The van der Waals surface area contributed by atoms with E-state index >= 15 is 0 Å². The SMILES string of the molecule is CCc1c(N2CCN(C(=O)c3ncnc(C)c3O)[C@H]3CC[C@@H]32)c(=O)c2nc(N(C)CCO)cnc2n1CC(=O)Nc1ccc(C(F)(F)F)cc1Cl. The van der Waals surface area contributed by atoms with Crippen molar-refractivity contribution >= 4 is 51.8 Å². The number of nitrogens with one attached hydrogen (secondary N) is 1. The molecule has 1 saturated heterocycles. The molecule has 51 heavy (non-hydrogen) atoms. The van der Waals surface area contributed by atoms with Gasteiger partial charge in [-0.2, -0.15) is 13.2 Å². The lowest BCUT2D eigenvalue weighted by Crippen LogP contribution is -2.67. The summed E-state index contributed by atoms with van der Waals surface area (Å²) >= 11 is 6.12. The monoisotopic (exact) mass is 729 g/mol. The normalized spacial score (nSPS) is 17.3. The highest BCUT2D eigenvalue weighted by atomic mass is 35.5. The number of fused-ring (bicyclic) bond motifs is 2. The first-order valence-electron chi connectivity index (χ1n) is 16.2. The van der Waals surface area contributed by atoms with Gasteiger partial charge in [0.15, 0.2) is 22.6 Å². The lowest BCUT2D eigenvalue weighted by Gasteiger charge is -2.54. The van der Waals surface area contributed by atoms with E-state index in [1.807, 2.05) is 11.8 Å². The predicted molar refractivity (Wildman–Crippen MR) is 182 cm³/mol. The fourth-order valence-electron chi connectivity index (χ4n) is 6.65. The summed E-state index contributed by atoms with van der Waals surface area (Å²) in [4.78, 5) is 63.9. The van der Waals surface area contributed by atoms with Crippen LogP contribution in [-0.2, 0) is 23.9 Å². The van der Waals surface area contributed by atoms with E-state index in [9.17, 15) is 37.8 Å². The van der Waals surface area contributed by atoms with Gasteiger partial charge in [-0.15, -0.1) is 0 Å². The number of aromatic nitrogens is 5. The van der Waals surface area contributed by atoms with Gasteiger partial charge in [-0.05, 0) is 44.4 Å². The maximum atomic E-state index is 14.5. The molecule has 4 aromatic rings. The van der Waals surface area contributed by atoms with Crippen LogP contribution in [0.2, 0.25) is 5.02 Å². The zero-order valence-corrected chi connectivity index (χ0v) is 28.7. The maximum absolute atomic E-state index is 14.5. The molecule has 1 saturated carbocycles. The van der Waals surface area contributed by atoms with Gasteiger partial charge in [-0.3, -0.25) is 14.4 Å². The van der Waals surface area contributed by atoms with E-state index in [0.717, 1.165) is 18.2 Å². The van der Waals surface area contributed by atoms with Crippen molar-refractivity contribution in [3.8, 4) is 5.75 Å². The molecule has 18 heteroatoms. The Morgan fingerprint density at radius 1 is 1.14 bits per heavy atom. The third kappa shape index (κ3) is 6.62. The second-order valence-electron chi connectivity index (χ2n) is 12.4. The van der Waals surface area contributed by atoms with Crippen molar-refractivity contribution in [2.45, 2.75) is 57.9 Å². The number of nitrogens with zero attached hydrogens (tertiary/aromatic N) is 8. The van der Waals surface area contributed by atoms with Gasteiger partial charge in [-0.1, -0.05) is 18.5 Å². The van der Waals surface area contributed by atoms with Crippen LogP contribution in [0.4, 0.5) is 30.4 Å². The number of aliphatic hydroxyl groups is 1. The molecular weight excluding hydrogens is 695 g/mol. The quantitative estimate of drug-likeness (QED) is 0.231. The Morgan fingerprint density at radius 2 is 1.88 bits per heavy atom. The molecule has 2 atom stereocenters. The molecule has 1 aliphatic carbocycles. The Labute approximate surface area is 294 Å². The molecule has 1 aliphatic heterocycles. The number of halogens is 4. The van der Waals surface area contributed by atoms with E-state index in [2.05, 4.69) is 25.3 Å². The Morgan fingerprint density at radius 3 is 2.53 bits per heavy atom. The molecule has 270 valence electrons. The molecule has 2 fully saturated rings. The first-order valence-corrected chi connectivity index (χ1v) is 16.6. The molecule has 0 spiro atoms. The summed E-state index contributed by atoms with van der Waals surface area (Å²) in [6.07, 6.45) is -0.390. The van der Waals surface area contributed by atoms with E-state index in [0.29, 0.717) is 30.0 Å².